The van der Waals surface area contributed by atoms with Gasteiger partial charge in [-0.05, 0) is 18.4 Å². The first kappa shape index (κ1) is 19.4. The van der Waals surface area contributed by atoms with Gasteiger partial charge in [0.1, 0.15) is 6.10 Å². The summed E-state index contributed by atoms with van der Waals surface area (Å²) in [6.45, 7) is 0.598. The van der Waals surface area contributed by atoms with Crippen molar-refractivity contribution in [1.29, 1.82) is 0 Å². The maximum Gasteiger partial charge on any atom is 0.314 e. The Balaban J connectivity index is 0.00000264. The second kappa shape index (κ2) is 9.50. The van der Waals surface area contributed by atoms with E-state index < -0.39 is 12.0 Å². The molecule has 128 valence electrons. The first-order valence-electron chi connectivity index (χ1n) is 7.41. The molecule has 0 saturated carbocycles. The van der Waals surface area contributed by atoms with Gasteiger partial charge in [0.15, 0.2) is 0 Å². The molecule has 1 aliphatic rings. The maximum atomic E-state index is 12.1. The summed E-state index contributed by atoms with van der Waals surface area (Å²) >= 11 is 0. The fourth-order valence-corrected chi connectivity index (χ4v) is 2.55. The van der Waals surface area contributed by atoms with Gasteiger partial charge in [0.2, 0.25) is 5.91 Å². The van der Waals surface area contributed by atoms with Gasteiger partial charge in [0.05, 0.1) is 19.1 Å². The Labute approximate surface area is 142 Å². The largest absolute Gasteiger partial charge is 0.468 e. The minimum absolute atomic E-state index is 0. The van der Waals surface area contributed by atoms with Crippen molar-refractivity contribution in [2.24, 2.45) is 5.73 Å². The van der Waals surface area contributed by atoms with Crippen molar-refractivity contribution in [3.63, 3.8) is 0 Å². The molecule has 1 unspecified atom stereocenters. The molecule has 1 aromatic rings. The topological polar surface area (TPSA) is 90.7 Å². The molecule has 3 atom stereocenters. The lowest BCUT2D eigenvalue weighted by Gasteiger charge is -2.18. The van der Waals surface area contributed by atoms with Gasteiger partial charge < -0.3 is 20.5 Å². The predicted octanol–water partition coefficient (Wildman–Crippen LogP) is 0.988. The number of hydrogen-bond acceptors (Lipinski definition) is 5. The Morgan fingerprint density at radius 1 is 1.35 bits per heavy atom. The number of methoxy groups -OCH3 is 1. The molecule has 0 bridgehead atoms. The van der Waals surface area contributed by atoms with Crippen LogP contribution in [0.3, 0.4) is 0 Å². The molecule has 1 aromatic carbocycles. The number of nitrogens with one attached hydrogen (secondary N) is 1. The number of carbonyl (C=O) groups is 2. The third kappa shape index (κ3) is 5.20. The van der Waals surface area contributed by atoms with Gasteiger partial charge >= 0.3 is 5.97 Å². The van der Waals surface area contributed by atoms with E-state index in [2.05, 4.69) is 5.32 Å². The van der Waals surface area contributed by atoms with Crippen LogP contribution in [0.1, 0.15) is 24.3 Å². The Bertz CT molecular complexity index is 512. The van der Waals surface area contributed by atoms with E-state index in [4.69, 9.17) is 15.2 Å². The van der Waals surface area contributed by atoms with Crippen molar-refractivity contribution < 1.29 is 19.1 Å². The van der Waals surface area contributed by atoms with Crippen LogP contribution < -0.4 is 11.1 Å². The second-order valence-electron chi connectivity index (χ2n) is 5.29. The fraction of sp³-hybridized carbons (Fsp3) is 0.500. The fourth-order valence-electron chi connectivity index (χ4n) is 2.55. The summed E-state index contributed by atoms with van der Waals surface area (Å²) in [4.78, 5) is 24.0. The van der Waals surface area contributed by atoms with Crippen LogP contribution in [0.15, 0.2) is 30.3 Å². The normalized spacial score (nSPS) is 21.1. The van der Waals surface area contributed by atoms with Crippen LogP contribution in [-0.4, -0.2) is 44.3 Å². The van der Waals surface area contributed by atoms with Crippen molar-refractivity contribution in [1.82, 2.24) is 5.32 Å². The van der Waals surface area contributed by atoms with Gasteiger partial charge in [0.25, 0.3) is 0 Å². The highest BCUT2D eigenvalue weighted by Gasteiger charge is 2.31. The summed E-state index contributed by atoms with van der Waals surface area (Å²) in [5.41, 5.74) is 6.34. The number of rotatable bonds is 6. The highest BCUT2D eigenvalue weighted by Crippen LogP contribution is 2.20. The number of esters is 1. The molecule has 7 heteroatoms. The summed E-state index contributed by atoms with van der Waals surface area (Å²) in [5.74, 6) is -1.11. The third-order valence-corrected chi connectivity index (χ3v) is 3.83. The van der Waals surface area contributed by atoms with Crippen LogP contribution in [0.25, 0.3) is 0 Å². The zero-order valence-corrected chi connectivity index (χ0v) is 13.9. The summed E-state index contributed by atoms with van der Waals surface area (Å²) in [6, 6.07) is 9.24. The van der Waals surface area contributed by atoms with E-state index in [1.165, 1.54) is 7.11 Å². The Kier molecular flexibility index (Phi) is 8.02. The quantitative estimate of drug-likeness (QED) is 0.752. The predicted molar refractivity (Wildman–Crippen MR) is 88.4 cm³/mol. The number of hydrogen-bond donors (Lipinski definition) is 2. The molecule has 3 N–H and O–H groups in total. The molecule has 0 radical (unpaired) electrons. The molecular weight excluding hydrogens is 320 g/mol. The van der Waals surface area contributed by atoms with Gasteiger partial charge in [-0.3, -0.25) is 9.59 Å². The molecule has 2 rings (SSSR count). The van der Waals surface area contributed by atoms with Gasteiger partial charge in [-0.25, -0.2) is 0 Å². The molecule has 1 fully saturated rings. The van der Waals surface area contributed by atoms with Crippen molar-refractivity contribution in [2.75, 3.05) is 20.2 Å². The van der Waals surface area contributed by atoms with E-state index in [-0.39, 0.29) is 36.9 Å². The van der Waals surface area contributed by atoms with E-state index in [0.29, 0.717) is 13.0 Å². The van der Waals surface area contributed by atoms with Gasteiger partial charge in [-0.15, -0.1) is 12.4 Å². The second-order valence-corrected chi connectivity index (χ2v) is 5.29. The molecule has 1 aliphatic heterocycles. The number of amides is 1. The van der Waals surface area contributed by atoms with E-state index >= 15 is 0 Å². The highest BCUT2D eigenvalue weighted by molar-refractivity contribution is 5.85. The minimum atomic E-state index is -0.526. The summed E-state index contributed by atoms with van der Waals surface area (Å²) < 4.78 is 10.4. The zero-order chi connectivity index (χ0) is 15.9. The molecule has 23 heavy (non-hydrogen) atoms. The Morgan fingerprint density at radius 3 is 2.61 bits per heavy atom. The number of ether oxygens (including phenoxy) is 2. The standard InChI is InChI=1S/C16H22N2O4.ClH/c1-21-16(20)13(11-5-3-2-4-6-11)10-18-15(19)14-8-7-12(9-17)22-14;/h2-6,12-14H,7-10,17H2,1H3,(H,18,19);1H/t12-,13?,14+;/m1./s1. The zero-order valence-electron chi connectivity index (χ0n) is 13.1. The van der Waals surface area contributed by atoms with Crippen LogP contribution in [0.2, 0.25) is 0 Å². The lowest BCUT2D eigenvalue weighted by molar-refractivity contribution is -0.142. The molecule has 1 heterocycles. The Morgan fingerprint density at radius 2 is 2.04 bits per heavy atom. The van der Waals surface area contributed by atoms with Crippen molar-refractivity contribution >= 4 is 24.3 Å². The van der Waals surface area contributed by atoms with Gasteiger partial charge in [-0.1, -0.05) is 30.3 Å². The first-order chi connectivity index (χ1) is 10.7. The number of nitrogens with two attached hydrogens (primary N) is 1. The van der Waals surface area contributed by atoms with E-state index in [0.717, 1.165) is 12.0 Å². The van der Waals surface area contributed by atoms with Crippen LogP contribution in [0.4, 0.5) is 0 Å². The van der Waals surface area contributed by atoms with E-state index in [9.17, 15) is 9.59 Å². The highest BCUT2D eigenvalue weighted by atomic mass is 35.5. The monoisotopic (exact) mass is 342 g/mol. The minimum Gasteiger partial charge on any atom is -0.468 e. The average Bonchev–Trinajstić information content (AvgIpc) is 3.04. The SMILES string of the molecule is COC(=O)C(CNC(=O)[C@@H]1CC[C@H](CN)O1)c1ccccc1.Cl. The molecule has 1 amide bonds. The summed E-state index contributed by atoms with van der Waals surface area (Å²) in [7, 11) is 1.34. The van der Waals surface area contributed by atoms with Crippen LogP contribution >= 0.6 is 12.4 Å². The maximum absolute atomic E-state index is 12.1. The van der Waals surface area contributed by atoms with Gasteiger partial charge in [-0.2, -0.15) is 0 Å². The lowest BCUT2D eigenvalue weighted by Crippen LogP contribution is -2.39. The average molecular weight is 343 g/mol. The molecule has 0 aromatic heterocycles. The molecular formula is C16H23ClN2O4. The van der Waals surface area contributed by atoms with Crippen molar-refractivity contribution in [3.05, 3.63) is 35.9 Å². The Hall–Kier alpha value is -1.63. The third-order valence-electron chi connectivity index (χ3n) is 3.83. The lowest BCUT2D eigenvalue weighted by atomic mass is 9.99. The molecule has 6 nitrogen and oxygen atoms in total. The van der Waals surface area contributed by atoms with Crippen LogP contribution in [0.5, 0.6) is 0 Å². The van der Waals surface area contributed by atoms with Crippen LogP contribution in [0, 0.1) is 0 Å². The number of halogens is 1. The van der Waals surface area contributed by atoms with E-state index in [1.807, 2.05) is 30.3 Å². The number of carbonyl (C=O) groups excluding carboxylic acids is 2. The van der Waals surface area contributed by atoms with Crippen molar-refractivity contribution in [2.45, 2.75) is 31.0 Å². The smallest absolute Gasteiger partial charge is 0.314 e. The number of benzene rings is 1. The molecule has 0 spiro atoms. The van der Waals surface area contributed by atoms with Gasteiger partial charge in [0, 0.05) is 13.1 Å². The van der Waals surface area contributed by atoms with Crippen molar-refractivity contribution in [3.8, 4) is 0 Å². The molecule has 0 aliphatic carbocycles. The first-order valence-corrected chi connectivity index (χ1v) is 7.41. The van der Waals surface area contributed by atoms with Crippen LogP contribution in [-0.2, 0) is 19.1 Å². The van der Waals surface area contributed by atoms with E-state index in [1.54, 1.807) is 0 Å². The summed E-state index contributed by atoms with van der Waals surface area (Å²) in [6.07, 6.45) is 0.902. The molecule has 1 saturated heterocycles. The summed E-state index contributed by atoms with van der Waals surface area (Å²) in [5, 5.41) is 2.78.